The van der Waals surface area contributed by atoms with Crippen LogP contribution in [0.25, 0.3) is 4.85 Å². The van der Waals surface area contributed by atoms with E-state index in [2.05, 4.69) is 11.4 Å². The van der Waals surface area contributed by atoms with Crippen LogP contribution in [0.4, 0.5) is 0 Å². The van der Waals surface area contributed by atoms with Crippen LogP contribution in [0.2, 0.25) is 0 Å². The summed E-state index contributed by atoms with van der Waals surface area (Å²) in [4.78, 5) is 14.1. The molecule has 0 radical (unpaired) electrons. The Morgan fingerprint density at radius 3 is 2.33 bits per heavy atom. The molecule has 3 nitrogen and oxygen atoms in total. The van der Waals surface area contributed by atoms with Crippen molar-refractivity contribution in [1.82, 2.24) is 0 Å². The van der Waals surface area contributed by atoms with E-state index < -0.39 is 12.2 Å². The van der Waals surface area contributed by atoms with E-state index in [1.54, 1.807) is 6.92 Å². The molecule has 0 N–H and O–H groups in total. The Labute approximate surface area is 72.8 Å². The van der Waals surface area contributed by atoms with Crippen LogP contribution in [0.1, 0.15) is 20.8 Å². The smallest absolute Gasteiger partial charge is 0.371 e. The Hall–Kier alpha value is -1.30. The first-order chi connectivity index (χ1) is 5.49. The van der Waals surface area contributed by atoms with Crippen LogP contribution in [0.15, 0.2) is 12.2 Å². The van der Waals surface area contributed by atoms with Crippen LogP contribution in [-0.2, 0) is 9.53 Å². The fraction of sp³-hybridized carbons (Fsp3) is 0.556. The summed E-state index contributed by atoms with van der Waals surface area (Å²) in [5.41, 5.74) is 0.323. The number of hydrogen-bond acceptors (Lipinski definition) is 2. The number of nitrogens with zero attached hydrogens (tertiary/aromatic N) is 1. The maximum Gasteiger partial charge on any atom is 0.371 e. The summed E-state index contributed by atoms with van der Waals surface area (Å²) in [5.74, 6) is -0.476. The van der Waals surface area contributed by atoms with E-state index in [4.69, 9.17) is 11.3 Å². The highest BCUT2D eigenvalue weighted by molar-refractivity contribution is 5.87. The minimum atomic E-state index is -0.686. The second-order valence-electron chi connectivity index (χ2n) is 2.95. The lowest BCUT2D eigenvalue weighted by Crippen LogP contribution is -2.20. The molecule has 0 amide bonds. The van der Waals surface area contributed by atoms with Crippen molar-refractivity contribution in [2.75, 3.05) is 0 Å². The molecule has 1 unspecified atom stereocenters. The van der Waals surface area contributed by atoms with Gasteiger partial charge in [0, 0.05) is 5.57 Å². The number of carbonyl (C=O) groups excluding carboxylic acids is 1. The minimum absolute atomic E-state index is 0.0193. The number of ether oxygens (including phenoxy) is 1. The molecule has 0 heterocycles. The van der Waals surface area contributed by atoms with Crippen LogP contribution in [0.5, 0.6) is 0 Å². The molecular weight excluding hydrogens is 154 g/mol. The number of rotatable bonds is 3. The molecule has 0 aromatic heterocycles. The molecular formula is C9H13NO2. The molecule has 1 atom stereocenters. The van der Waals surface area contributed by atoms with Crippen molar-refractivity contribution in [3.8, 4) is 0 Å². The number of carbonyl (C=O) groups is 1. The zero-order valence-corrected chi connectivity index (χ0v) is 7.63. The molecule has 0 aliphatic heterocycles. The van der Waals surface area contributed by atoms with Gasteiger partial charge in [0.2, 0.25) is 0 Å². The monoisotopic (exact) mass is 167 g/mol. The van der Waals surface area contributed by atoms with Crippen LogP contribution < -0.4 is 0 Å². The number of hydrogen-bond donors (Lipinski definition) is 0. The highest BCUT2D eigenvalue weighted by Crippen LogP contribution is 2.09. The molecule has 0 saturated heterocycles. The molecule has 12 heavy (non-hydrogen) atoms. The SMILES string of the molecule is [C-]#[N+]C(OC(=O)C(=C)C)C(C)C. The van der Waals surface area contributed by atoms with Gasteiger partial charge in [0.15, 0.2) is 0 Å². The lowest BCUT2D eigenvalue weighted by molar-refractivity contribution is -0.143. The largest absolute Gasteiger partial charge is 0.388 e. The van der Waals surface area contributed by atoms with E-state index in [0.29, 0.717) is 5.57 Å². The summed E-state index contributed by atoms with van der Waals surface area (Å²) >= 11 is 0. The molecule has 0 fully saturated rings. The molecule has 0 bridgehead atoms. The Kier molecular flexibility index (Phi) is 4.06. The first-order valence-corrected chi connectivity index (χ1v) is 3.72. The average Bonchev–Trinajstić information content (AvgIpc) is 1.98. The van der Waals surface area contributed by atoms with Crippen molar-refractivity contribution in [3.63, 3.8) is 0 Å². The Morgan fingerprint density at radius 2 is 2.08 bits per heavy atom. The predicted molar refractivity (Wildman–Crippen MR) is 46.1 cm³/mol. The van der Waals surface area contributed by atoms with Gasteiger partial charge in [0.25, 0.3) is 0 Å². The first kappa shape index (κ1) is 10.7. The van der Waals surface area contributed by atoms with Crippen LogP contribution in [0, 0.1) is 12.5 Å². The van der Waals surface area contributed by atoms with Crippen molar-refractivity contribution < 1.29 is 9.53 Å². The highest BCUT2D eigenvalue weighted by Gasteiger charge is 2.22. The molecule has 0 spiro atoms. The standard InChI is InChI=1S/C9H13NO2/c1-6(2)8(10-5)12-9(11)7(3)4/h6,8H,3H2,1-2,4H3. The zero-order valence-electron chi connectivity index (χ0n) is 7.63. The summed E-state index contributed by atoms with van der Waals surface area (Å²) in [6.07, 6.45) is -0.686. The fourth-order valence-electron chi connectivity index (χ4n) is 0.522. The van der Waals surface area contributed by atoms with Gasteiger partial charge in [0.1, 0.15) is 0 Å². The molecule has 0 aromatic carbocycles. The Bertz CT molecular complexity index is 225. The average molecular weight is 167 g/mol. The topological polar surface area (TPSA) is 30.7 Å². The van der Waals surface area contributed by atoms with Gasteiger partial charge in [-0.25, -0.2) is 11.4 Å². The summed E-state index contributed by atoms with van der Waals surface area (Å²) in [5, 5.41) is 0. The normalized spacial score (nSPS) is 11.9. The van der Waals surface area contributed by atoms with Crippen molar-refractivity contribution in [3.05, 3.63) is 23.6 Å². The van der Waals surface area contributed by atoms with Gasteiger partial charge in [-0.3, -0.25) is 4.85 Å². The lowest BCUT2D eigenvalue weighted by Gasteiger charge is -2.09. The third kappa shape index (κ3) is 3.20. The number of esters is 1. The van der Waals surface area contributed by atoms with Crippen molar-refractivity contribution in [2.24, 2.45) is 5.92 Å². The van der Waals surface area contributed by atoms with Gasteiger partial charge >= 0.3 is 12.2 Å². The van der Waals surface area contributed by atoms with Gasteiger partial charge in [-0.1, -0.05) is 20.4 Å². The van der Waals surface area contributed by atoms with Gasteiger partial charge in [-0.15, -0.1) is 0 Å². The van der Waals surface area contributed by atoms with E-state index >= 15 is 0 Å². The van der Waals surface area contributed by atoms with E-state index in [0.717, 1.165) is 0 Å². The third-order valence-electron chi connectivity index (χ3n) is 1.27. The third-order valence-corrected chi connectivity index (χ3v) is 1.27. The second-order valence-corrected chi connectivity index (χ2v) is 2.95. The van der Waals surface area contributed by atoms with Crippen molar-refractivity contribution in [2.45, 2.75) is 27.0 Å². The highest BCUT2D eigenvalue weighted by atomic mass is 16.6. The van der Waals surface area contributed by atoms with Gasteiger partial charge in [-0.05, 0) is 6.92 Å². The molecule has 0 saturated carbocycles. The zero-order chi connectivity index (χ0) is 9.72. The van der Waals surface area contributed by atoms with Crippen LogP contribution in [-0.4, -0.2) is 12.2 Å². The fourth-order valence-corrected chi connectivity index (χ4v) is 0.522. The van der Waals surface area contributed by atoms with E-state index in [1.807, 2.05) is 13.8 Å². The van der Waals surface area contributed by atoms with Crippen molar-refractivity contribution >= 4 is 5.97 Å². The van der Waals surface area contributed by atoms with E-state index in [1.165, 1.54) is 0 Å². The van der Waals surface area contributed by atoms with Gasteiger partial charge in [-0.2, -0.15) is 0 Å². The molecule has 0 aromatic rings. The molecule has 0 aliphatic carbocycles. The maximum absolute atomic E-state index is 11.0. The summed E-state index contributed by atoms with van der Waals surface area (Å²) in [6, 6.07) is 0. The molecule has 66 valence electrons. The van der Waals surface area contributed by atoms with E-state index in [9.17, 15) is 4.79 Å². The summed E-state index contributed by atoms with van der Waals surface area (Å²) < 4.78 is 4.83. The minimum Gasteiger partial charge on any atom is -0.388 e. The quantitative estimate of drug-likeness (QED) is 0.365. The first-order valence-electron chi connectivity index (χ1n) is 3.72. The summed E-state index contributed by atoms with van der Waals surface area (Å²) in [7, 11) is 0. The predicted octanol–water partition coefficient (Wildman–Crippen LogP) is 2.01. The van der Waals surface area contributed by atoms with Gasteiger partial charge in [0.05, 0.1) is 5.92 Å². The lowest BCUT2D eigenvalue weighted by atomic mass is 10.2. The van der Waals surface area contributed by atoms with Gasteiger partial charge < -0.3 is 4.74 Å². The Balaban J connectivity index is 4.15. The maximum atomic E-state index is 11.0. The van der Waals surface area contributed by atoms with Crippen LogP contribution >= 0.6 is 0 Å². The van der Waals surface area contributed by atoms with E-state index in [-0.39, 0.29) is 5.92 Å². The van der Waals surface area contributed by atoms with Crippen LogP contribution in [0.3, 0.4) is 0 Å². The molecule has 0 rings (SSSR count). The second kappa shape index (κ2) is 4.55. The molecule has 3 heteroatoms. The Morgan fingerprint density at radius 1 is 1.58 bits per heavy atom. The summed E-state index contributed by atoms with van der Waals surface area (Å²) in [6.45, 7) is 15.4. The van der Waals surface area contributed by atoms with Crippen molar-refractivity contribution in [1.29, 1.82) is 0 Å². The molecule has 0 aliphatic rings.